The lowest BCUT2D eigenvalue weighted by molar-refractivity contribution is -0.125. The SMILES string of the molecule is CC=Cc1ccccc1.O=C1C=CC(=O)N1.O=C1C=CC(=O)N1. The number of amides is 4. The van der Waals surface area contributed by atoms with Gasteiger partial charge in [-0.2, -0.15) is 0 Å². The van der Waals surface area contributed by atoms with Crippen LogP contribution in [0.2, 0.25) is 0 Å². The average Bonchev–Trinajstić information content (AvgIpc) is 3.09. The van der Waals surface area contributed by atoms with E-state index in [9.17, 15) is 19.2 Å². The van der Waals surface area contributed by atoms with E-state index in [0.29, 0.717) is 0 Å². The Balaban J connectivity index is 0.000000175. The molecule has 2 heterocycles. The van der Waals surface area contributed by atoms with Gasteiger partial charge in [-0.3, -0.25) is 29.8 Å². The van der Waals surface area contributed by atoms with Crippen molar-refractivity contribution in [3.05, 3.63) is 66.3 Å². The number of rotatable bonds is 1. The fraction of sp³-hybridized carbons (Fsp3) is 0.0588. The number of nitrogens with one attached hydrogen (secondary N) is 2. The molecule has 0 saturated heterocycles. The highest BCUT2D eigenvalue weighted by molar-refractivity contribution is 6.13. The molecular weight excluding hydrogens is 296 g/mol. The Morgan fingerprint density at radius 2 is 1.09 bits per heavy atom. The zero-order valence-electron chi connectivity index (χ0n) is 12.5. The van der Waals surface area contributed by atoms with Gasteiger partial charge < -0.3 is 0 Å². The summed E-state index contributed by atoms with van der Waals surface area (Å²) in [4.78, 5) is 40.1. The zero-order chi connectivity index (χ0) is 17.1. The second kappa shape index (κ2) is 9.62. The van der Waals surface area contributed by atoms with Crippen molar-refractivity contribution in [2.24, 2.45) is 0 Å². The molecule has 0 spiro atoms. The summed E-state index contributed by atoms with van der Waals surface area (Å²) in [5, 5.41) is 4.06. The molecule has 23 heavy (non-hydrogen) atoms. The molecule has 0 aromatic heterocycles. The Morgan fingerprint density at radius 3 is 1.35 bits per heavy atom. The van der Waals surface area contributed by atoms with E-state index in [1.165, 1.54) is 29.9 Å². The van der Waals surface area contributed by atoms with E-state index < -0.39 is 0 Å². The normalized spacial score (nSPS) is 14.8. The predicted octanol–water partition coefficient (Wildman–Crippen LogP) is 1.12. The van der Waals surface area contributed by atoms with Gasteiger partial charge in [-0.15, -0.1) is 0 Å². The van der Waals surface area contributed by atoms with E-state index in [2.05, 4.69) is 18.2 Å². The van der Waals surface area contributed by atoms with Crippen molar-refractivity contribution < 1.29 is 19.2 Å². The number of hydrogen-bond acceptors (Lipinski definition) is 4. The van der Waals surface area contributed by atoms with Crippen LogP contribution >= 0.6 is 0 Å². The summed E-state index contributed by atoms with van der Waals surface area (Å²) in [5.41, 5.74) is 1.26. The minimum Gasteiger partial charge on any atom is -0.289 e. The van der Waals surface area contributed by atoms with Crippen molar-refractivity contribution in [1.29, 1.82) is 0 Å². The Kier molecular flexibility index (Phi) is 7.43. The fourth-order valence-corrected chi connectivity index (χ4v) is 1.47. The van der Waals surface area contributed by atoms with Crippen molar-refractivity contribution in [3.8, 4) is 0 Å². The van der Waals surface area contributed by atoms with Crippen LogP contribution in [0.15, 0.2) is 60.7 Å². The number of carbonyl (C=O) groups is 4. The van der Waals surface area contributed by atoms with E-state index in [1.807, 2.05) is 41.8 Å². The lowest BCUT2D eigenvalue weighted by Gasteiger charge is -1.86. The third-order valence-corrected chi connectivity index (χ3v) is 2.42. The first kappa shape index (κ1) is 17.8. The molecule has 1 aromatic rings. The second-order valence-corrected chi connectivity index (χ2v) is 4.28. The standard InChI is InChI=1S/C9H10.2C4H3NO2/c1-2-6-9-7-4-3-5-8-9;2*6-3-1-2-4(7)5-3/h2-8H,1H3;2*1-2H,(H,5,6,7). The average molecular weight is 312 g/mol. The zero-order valence-corrected chi connectivity index (χ0v) is 12.5. The van der Waals surface area contributed by atoms with Gasteiger partial charge in [-0.05, 0) is 12.5 Å². The molecule has 0 bridgehead atoms. The highest BCUT2D eigenvalue weighted by atomic mass is 16.2. The van der Waals surface area contributed by atoms with Crippen LogP contribution in [0.25, 0.3) is 6.08 Å². The molecule has 2 N–H and O–H groups in total. The van der Waals surface area contributed by atoms with Crippen molar-refractivity contribution in [3.63, 3.8) is 0 Å². The van der Waals surface area contributed by atoms with Crippen molar-refractivity contribution >= 4 is 29.7 Å². The minimum atomic E-state index is -0.329. The molecule has 3 rings (SSSR count). The number of allylic oxidation sites excluding steroid dienone is 1. The van der Waals surface area contributed by atoms with Crippen LogP contribution in [0.1, 0.15) is 12.5 Å². The summed E-state index contributed by atoms with van der Waals surface area (Å²) in [6.07, 6.45) is 8.91. The first-order valence-electron chi connectivity index (χ1n) is 6.75. The van der Waals surface area contributed by atoms with Gasteiger partial charge in [-0.1, -0.05) is 42.5 Å². The van der Waals surface area contributed by atoms with E-state index in [0.717, 1.165) is 0 Å². The number of imide groups is 2. The molecule has 0 aliphatic carbocycles. The molecule has 6 nitrogen and oxygen atoms in total. The maximum absolute atomic E-state index is 10.0. The van der Waals surface area contributed by atoms with E-state index >= 15 is 0 Å². The van der Waals surface area contributed by atoms with Crippen LogP contribution in [0.5, 0.6) is 0 Å². The van der Waals surface area contributed by atoms with Crippen LogP contribution in [0, 0.1) is 0 Å². The van der Waals surface area contributed by atoms with Crippen LogP contribution in [-0.2, 0) is 19.2 Å². The molecule has 2 aliphatic rings. The smallest absolute Gasteiger partial charge is 0.250 e. The first-order chi connectivity index (χ1) is 11.0. The molecule has 4 amide bonds. The molecule has 0 atom stereocenters. The minimum absolute atomic E-state index is 0.329. The Hall–Kier alpha value is -3.28. The molecule has 0 saturated carbocycles. The monoisotopic (exact) mass is 312 g/mol. The second-order valence-electron chi connectivity index (χ2n) is 4.28. The quantitative estimate of drug-likeness (QED) is 0.760. The summed E-state index contributed by atoms with van der Waals surface area (Å²) in [6.45, 7) is 2.02. The molecule has 2 aliphatic heterocycles. The Labute approximate surface area is 133 Å². The third-order valence-electron chi connectivity index (χ3n) is 2.42. The van der Waals surface area contributed by atoms with Gasteiger partial charge in [0.25, 0.3) is 23.6 Å². The van der Waals surface area contributed by atoms with Crippen molar-refractivity contribution in [2.45, 2.75) is 6.92 Å². The van der Waals surface area contributed by atoms with Gasteiger partial charge in [0.1, 0.15) is 0 Å². The molecule has 6 heteroatoms. The van der Waals surface area contributed by atoms with E-state index in [1.54, 1.807) is 0 Å². The van der Waals surface area contributed by atoms with Gasteiger partial charge in [0.05, 0.1) is 0 Å². The third kappa shape index (κ3) is 7.91. The van der Waals surface area contributed by atoms with E-state index in [4.69, 9.17) is 0 Å². The van der Waals surface area contributed by atoms with E-state index in [-0.39, 0.29) is 23.6 Å². The van der Waals surface area contributed by atoms with Gasteiger partial charge in [0.15, 0.2) is 0 Å². The number of benzene rings is 1. The van der Waals surface area contributed by atoms with Gasteiger partial charge >= 0.3 is 0 Å². The summed E-state index contributed by atoms with van der Waals surface area (Å²) in [6, 6.07) is 10.3. The van der Waals surface area contributed by atoms with Crippen molar-refractivity contribution in [2.75, 3.05) is 0 Å². The van der Waals surface area contributed by atoms with Crippen LogP contribution < -0.4 is 10.6 Å². The summed E-state index contributed by atoms with van der Waals surface area (Å²) in [7, 11) is 0. The maximum Gasteiger partial charge on any atom is 0.250 e. The van der Waals surface area contributed by atoms with Crippen molar-refractivity contribution in [1.82, 2.24) is 10.6 Å². The molecule has 0 fully saturated rings. The lowest BCUT2D eigenvalue weighted by atomic mass is 10.2. The molecule has 118 valence electrons. The van der Waals surface area contributed by atoms with Gasteiger partial charge in [0.2, 0.25) is 0 Å². The number of hydrogen-bond donors (Lipinski definition) is 2. The highest BCUT2D eigenvalue weighted by Crippen LogP contribution is 1.99. The fourth-order valence-electron chi connectivity index (χ4n) is 1.47. The summed E-state index contributed by atoms with van der Waals surface area (Å²) >= 11 is 0. The largest absolute Gasteiger partial charge is 0.289 e. The Morgan fingerprint density at radius 1 is 0.696 bits per heavy atom. The summed E-state index contributed by atoms with van der Waals surface area (Å²) in [5.74, 6) is -1.31. The molecule has 0 radical (unpaired) electrons. The van der Waals surface area contributed by atoms with Gasteiger partial charge in [-0.25, -0.2) is 0 Å². The molecule has 1 aromatic carbocycles. The summed E-state index contributed by atoms with van der Waals surface area (Å²) < 4.78 is 0. The van der Waals surface area contributed by atoms with Crippen LogP contribution in [-0.4, -0.2) is 23.6 Å². The lowest BCUT2D eigenvalue weighted by Crippen LogP contribution is -2.19. The topological polar surface area (TPSA) is 92.3 Å². The van der Waals surface area contributed by atoms with Gasteiger partial charge in [0, 0.05) is 24.3 Å². The predicted molar refractivity (Wildman–Crippen MR) is 85.7 cm³/mol. The van der Waals surface area contributed by atoms with Crippen LogP contribution in [0.3, 0.4) is 0 Å². The molecule has 0 unspecified atom stereocenters. The Bertz CT molecular complexity index is 605. The number of carbonyl (C=O) groups excluding carboxylic acids is 4. The first-order valence-corrected chi connectivity index (χ1v) is 6.75. The maximum atomic E-state index is 10.0. The highest BCUT2D eigenvalue weighted by Gasteiger charge is 2.07. The van der Waals surface area contributed by atoms with Crippen LogP contribution in [0.4, 0.5) is 0 Å². The molecular formula is C17H16N2O4.